The van der Waals surface area contributed by atoms with Gasteiger partial charge in [-0.25, -0.2) is 0 Å². The van der Waals surface area contributed by atoms with E-state index < -0.39 is 0 Å². The summed E-state index contributed by atoms with van der Waals surface area (Å²) in [4.78, 5) is 12.1. The monoisotopic (exact) mass is 332 g/mol. The van der Waals surface area contributed by atoms with E-state index in [0.717, 1.165) is 22.5 Å². The highest BCUT2D eigenvalue weighted by Gasteiger charge is 2.08. The van der Waals surface area contributed by atoms with E-state index in [4.69, 9.17) is 16.3 Å². The number of nitrogens with one attached hydrogen (secondary N) is 2. The number of hydrogen-bond acceptors (Lipinski definition) is 3. The van der Waals surface area contributed by atoms with Crippen molar-refractivity contribution in [3.8, 4) is 5.75 Å². The van der Waals surface area contributed by atoms with Crippen LogP contribution in [0.5, 0.6) is 5.75 Å². The van der Waals surface area contributed by atoms with Gasteiger partial charge in [0.05, 0.1) is 18.2 Å². The van der Waals surface area contributed by atoms with Gasteiger partial charge in [-0.3, -0.25) is 4.79 Å². The lowest BCUT2D eigenvalue weighted by Gasteiger charge is -2.13. The number of carbonyl (C=O) groups excluding carboxylic acids is 1. The van der Waals surface area contributed by atoms with Crippen LogP contribution in [0, 0.1) is 13.8 Å². The van der Waals surface area contributed by atoms with E-state index in [0.29, 0.717) is 17.4 Å². The Balaban J connectivity index is 1.95. The second-order valence-electron chi connectivity index (χ2n) is 5.25. The Hall–Kier alpha value is -2.20. The summed E-state index contributed by atoms with van der Waals surface area (Å²) in [6.07, 6.45) is 0. The Labute approximate surface area is 141 Å². The Bertz CT molecular complexity index is 681. The number of carbonyl (C=O) groups is 1. The quantitative estimate of drug-likeness (QED) is 0.824. The van der Waals surface area contributed by atoms with E-state index in [-0.39, 0.29) is 12.5 Å². The van der Waals surface area contributed by atoms with E-state index in [9.17, 15) is 4.79 Å². The highest BCUT2D eigenvalue weighted by atomic mass is 35.5. The van der Waals surface area contributed by atoms with Gasteiger partial charge in [0.2, 0.25) is 5.91 Å². The smallest absolute Gasteiger partial charge is 0.243 e. The van der Waals surface area contributed by atoms with Crippen LogP contribution in [0.25, 0.3) is 0 Å². The fourth-order valence-electron chi connectivity index (χ4n) is 2.26. The van der Waals surface area contributed by atoms with E-state index in [1.165, 1.54) is 0 Å². The Kier molecular flexibility index (Phi) is 5.88. The van der Waals surface area contributed by atoms with Gasteiger partial charge in [0.15, 0.2) is 0 Å². The van der Waals surface area contributed by atoms with Crippen molar-refractivity contribution in [1.82, 2.24) is 0 Å². The summed E-state index contributed by atoms with van der Waals surface area (Å²) in [6.45, 7) is 6.58. The highest BCUT2D eigenvalue weighted by Crippen LogP contribution is 2.27. The molecule has 0 bridgehead atoms. The lowest BCUT2D eigenvalue weighted by Crippen LogP contribution is -2.22. The number of para-hydroxylation sites is 1. The number of rotatable bonds is 6. The summed E-state index contributed by atoms with van der Waals surface area (Å²) >= 11 is 6.13. The zero-order valence-corrected chi connectivity index (χ0v) is 14.3. The molecule has 2 N–H and O–H groups in total. The van der Waals surface area contributed by atoms with Crippen molar-refractivity contribution < 1.29 is 9.53 Å². The molecule has 2 aromatic rings. The molecule has 0 saturated heterocycles. The molecule has 0 aliphatic carbocycles. The summed E-state index contributed by atoms with van der Waals surface area (Å²) in [6, 6.07) is 11.3. The molecule has 0 fully saturated rings. The molecule has 23 heavy (non-hydrogen) atoms. The number of halogens is 1. The van der Waals surface area contributed by atoms with Crippen molar-refractivity contribution in [2.45, 2.75) is 20.8 Å². The van der Waals surface area contributed by atoms with E-state index >= 15 is 0 Å². The first kappa shape index (κ1) is 17.2. The Morgan fingerprint density at radius 1 is 1.17 bits per heavy atom. The van der Waals surface area contributed by atoms with Crippen LogP contribution in [0.15, 0.2) is 36.4 Å². The average Bonchev–Trinajstić information content (AvgIpc) is 2.51. The standard InChI is InChI=1S/C18H21ClN2O2/c1-4-23-16-9-8-14(10-15(16)19)20-11-17(22)21-18-12(2)6-5-7-13(18)3/h5-10,20H,4,11H2,1-3H3,(H,21,22). The molecule has 0 radical (unpaired) electrons. The third-order valence-electron chi connectivity index (χ3n) is 3.43. The predicted molar refractivity (Wildman–Crippen MR) is 95.7 cm³/mol. The van der Waals surface area contributed by atoms with Gasteiger partial charge in [0, 0.05) is 11.4 Å². The summed E-state index contributed by atoms with van der Waals surface area (Å²) in [5, 5.41) is 6.52. The second-order valence-corrected chi connectivity index (χ2v) is 5.65. The molecular weight excluding hydrogens is 312 g/mol. The number of amides is 1. The summed E-state index contributed by atoms with van der Waals surface area (Å²) in [7, 11) is 0. The van der Waals surface area contributed by atoms with Gasteiger partial charge in [-0.1, -0.05) is 29.8 Å². The molecule has 0 heterocycles. The minimum Gasteiger partial charge on any atom is -0.492 e. The third-order valence-corrected chi connectivity index (χ3v) is 3.73. The van der Waals surface area contributed by atoms with Crippen LogP contribution in [0.4, 0.5) is 11.4 Å². The number of anilines is 2. The summed E-state index contributed by atoms with van der Waals surface area (Å²) < 4.78 is 5.38. The van der Waals surface area contributed by atoms with Crippen molar-refractivity contribution in [2.75, 3.05) is 23.8 Å². The number of aryl methyl sites for hydroxylation is 2. The normalized spacial score (nSPS) is 10.3. The van der Waals surface area contributed by atoms with Gasteiger partial charge in [0.25, 0.3) is 0 Å². The van der Waals surface area contributed by atoms with Gasteiger partial charge >= 0.3 is 0 Å². The van der Waals surface area contributed by atoms with Crippen LogP contribution >= 0.6 is 11.6 Å². The molecule has 0 unspecified atom stereocenters. The molecular formula is C18H21ClN2O2. The van der Waals surface area contributed by atoms with Crippen LogP contribution in [0.1, 0.15) is 18.1 Å². The first-order chi connectivity index (χ1) is 11.0. The van der Waals surface area contributed by atoms with Crippen molar-refractivity contribution in [1.29, 1.82) is 0 Å². The molecule has 1 amide bonds. The fraction of sp³-hybridized carbons (Fsp3) is 0.278. The van der Waals surface area contributed by atoms with Crippen molar-refractivity contribution in [2.24, 2.45) is 0 Å². The molecule has 4 nitrogen and oxygen atoms in total. The number of benzene rings is 2. The van der Waals surface area contributed by atoms with Gasteiger partial charge in [-0.2, -0.15) is 0 Å². The molecule has 2 aromatic carbocycles. The number of hydrogen-bond donors (Lipinski definition) is 2. The predicted octanol–water partition coefficient (Wildman–Crippen LogP) is 4.41. The molecule has 0 atom stereocenters. The Morgan fingerprint density at radius 3 is 2.48 bits per heavy atom. The molecule has 0 aromatic heterocycles. The fourth-order valence-corrected chi connectivity index (χ4v) is 2.50. The maximum Gasteiger partial charge on any atom is 0.243 e. The largest absolute Gasteiger partial charge is 0.492 e. The molecule has 0 saturated carbocycles. The van der Waals surface area contributed by atoms with Gasteiger partial charge in [-0.05, 0) is 50.1 Å². The van der Waals surface area contributed by atoms with Crippen LogP contribution in [0.2, 0.25) is 5.02 Å². The van der Waals surface area contributed by atoms with E-state index in [1.807, 2.05) is 45.0 Å². The molecule has 0 aliphatic heterocycles. The van der Waals surface area contributed by atoms with Gasteiger partial charge in [0.1, 0.15) is 5.75 Å². The molecule has 0 aliphatic rings. The second kappa shape index (κ2) is 7.88. The molecule has 2 rings (SSSR count). The van der Waals surface area contributed by atoms with E-state index in [2.05, 4.69) is 10.6 Å². The summed E-state index contributed by atoms with van der Waals surface area (Å²) in [5.41, 5.74) is 3.73. The van der Waals surface area contributed by atoms with Gasteiger partial charge in [-0.15, -0.1) is 0 Å². The molecule has 5 heteroatoms. The minimum atomic E-state index is -0.104. The topological polar surface area (TPSA) is 50.4 Å². The third kappa shape index (κ3) is 4.63. The maximum absolute atomic E-state index is 12.1. The van der Waals surface area contributed by atoms with Crippen molar-refractivity contribution >= 4 is 28.9 Å². The lowest BCUT2D eigenvalue weighted by molar-refractivity contribution is -0.114. The SMILES string of the molecule is CCOc1ccc(NCC(=O)Nc2c(C)cccc2C)cc1Cl. The highest BCUT2D eigenvalue weighted by molar-refractivity contribution is 6.32. The van der Waals surface area contributed by atoms with E-state index in [1.54, 1.807) is 12.1 Å². The average molecular weight is 333 g/mol. The Morgan fingerprint density at radius 2 is 1.87 bits per heavy atom. The molecule has 0 spiro atoms. The number of ether oxygens (including phenoxy) is 1. The van der Waals surface area contributed by atoms with Crippen LogP contribution in [-0.4, -0.2) is 19.1 Å². The zero-order chi connectivity index (χ0) is 16.8. The minimum absolute atomic E-state index is 0.104. The van der Waals surface area contributed by atoms with Crippen LogP contribution in [0.3, 0.4) is 0 Å². The zero-order valence-electron chi connectivity index (χ0n) is 13.6. The van der Waals surface area contributed by atoms with Crippen molar-refractivity contribution in [3.05, 3.63) is 52.5 Å². The lowest BCUT2D eigenvalue weighted by atomic mass is 10.1. The summed E-state index contributed by atoms with van der Waals surface area (Å²) in [5.74, 6) is 0.534. The maximum atomic E-state index is 12.1. The van der Waals surface area contributed by atoms with Crippen molar-refractivity contribution in [3.63, 3.8) is 0 Å². The first-order valence-corrected chi connectivity index (χ1v) is 7.91. The van der Waals surface area contributed by atoms with Gasteiger partial charge < -0.3 is 15.4 Å². The first-order valence-electron chi connectivity index (χ1n) is 7.53. The van der Waals surface area contributed by atoms with Crippen LogP contribution in [-0.2, 0) is 4.79 Å². The van der Waals surface area contributed by atoms with Crippen LogP contribution < -0.4 is 15.4 Å². The molecule has 122 valence electrons.